The number of benzene rings is 1. The summed E-state index contributed by atoms with van der Waals surface area (Å²) in [5.74, 6) is -0.160. The van der Waals surface area contributed by atoms with Gasteiger partial charge in [-0.05, 0) is 38.0 Å². The molecular formula is C15H14ClN5OS2. The predicted molar refractivity (Wildman–Crippen MR) is 96.7 cm³/mol. The van der Waals surface area contributed by atoms with Crippen molar-refractivity contribution in [3.63, 3.8) is 0 Å². The van der Waals surface area contributed by atoms with E-state index in [2.05, 4.69) is 20.8 Å². The standard InChI is InChI=1S/C15H14ClN5OS2/c1-8(23-15-21-20-14(24-15)19-10-4-5-10)13(22)18-11-3-2-9(7-17)12(16)6-11/h2-3,6,8,10H,4-5H2,1H3,(H,18,22)(H,19,20)/t8-/m0/s1. The number of halogens is 1. The van der Waals surface area contributed by atoms with E-state index >= 15 is 0 Å². The number of anilines is 2. The van der Waals surface area contributed by atoms with Crippen molar-refractivity contribution in [2.75, 3.05) is 10.6 Å². The van der Waals surface area contributed by atoms with Crippen molar-refractivity contribution in [1.82, 2.24) is 10.2 Å². The van der Waals surface area contributed by atoms with E-state index in [4.69, 9.17) is 16.9 Å². The van der Waals surface area contributed by atoms with Crippen molar-refractivity contribution < 1.29 is 4.79 Å². The van der Waals surface area contributed by atoms with Gasteiger partial charge in [0.1, 0.15) is 6.07 Å². The monoisotopic (exact) mass is 379 g/mol. The second-order valence-corrected chi connectivity index (χ2v) is 8.32. The molecule has 6 nitrogen and oxygen atoms in total. The van der Waals surface area contributed by atoms with Gasteiger partial charge in [-0.25, -0.2) is 0 Å². The quantitative estimate of drug-likeness (QED) is 0.742. The Morgan fingerprint density at radius 3 is 2.96 bits per heavy atom. The topological polar surface area (TPSA) is 90.7 Å². The summed E-state index contributed by atoms with van der Waals surface area (Å²) in [6, 6.07) is 7.31. The summed E-state index contributed by atoms with van der Waals surface area (Å²) in [5.41, 5.74) is 0.937. The molecule has 2 N–H and O–H groups in total. The number of carbonyl (C=O) groups excluding carboxylic acids is 1. The first-order valence-corrected chi connectivity index (χ1v) is 9.40. The van der Waals surface area contributed by atoms with E-state index in [1.807, 2.05) is 6.07 Å². The molecule has 24 heavy (non-hydrogen) atoms. The minimum atomic E-state index is -0.332. The van der Waals surface area contributed by atoms with Gasteiger partial charge in [0.15, 0.2) is 4.34 Å². The van der Waals surface area contributed by atoms with Crippen molar-refractivity contribution >= 4 is 51.4 Å². The van der Waals surface area contributed by atoms with Crippen LogP contribution in [0.2, 0.25) is 5.02 Å². The molecule has 1 aliphatic rings. The molecular weight excluding hydrogens is 366 g/mol. The van der Waals surface area contributed by atoms with Crippen molar-refractivity contribution in [2.24, 2.45) is 0 Å². The Labute approximate surface area is 152 Å². The van der Waals surface area contributed by atoms with E-state index in [1.54, 1.807) is 25.1 Å². The smallest absolute Gasteiger partial charge is 0.237 e. The highest BCUT2D eigenvalue weighted by Crippen LogP contribution is 2.32. The molecule has 0 saturated heterocycles. The minimum Gasteiger partial charge on any atom is -0.357 e. The maximum atomic E-state index is 12.3. The van der Waals surface area contributed by atoms with Crippen molar-refractivity contribution in [2.45, 2.75) is 35.4 Å². The molecule has 0 spiro atoms. The van der Waals surface area contributed by atoms with Crippen molar-refractivity contribution in [3.8, 4) is 6.07 Å². The number of hydrogen-bond donors (Lipinski definition) is 2. The molecule has 0 bridgehead atoms. The van der Waals surface area contributed by atoms with Gasteiger partial charge in [0.05, 0.1) is 15.8 Å². The largest absolute Gasteiger partial charge is 0.357 e. The summed E-state index contributed by atoms with van der Waals surface area (Å²) in [4.78, 5) is 12.3. The average Bonchev–Trinajstić information content (AvgIpc) is 3.26. The lowest BCUT2D eigenvalue weighted by Crippen LogP contribution is -2.22. The van der Waals surface area contributed by atoms with Gasteiger partial charge in [-0.1, -0.05) is 34.7 Å². The lowest BCUT2D eigenvalue weighted by atomic mass is 10.2. The number of hydrogen-bond acceptors (Lipinski definition) is 7. The number of thioether (sulfide) groups is 1. The Morgan fingerprint density at radius 1 is 1.50 bits per heavy atom. The van der Waals surface area contributed by atoms with Crippen LogP contribution in [-0.4, -0.2) is 27.4 Å². The molecule has 1 atom stereocenters. The Morgan fingerprint density at radius 2 is 2.29 bits per heavy atom. The Balaban J connectivity index is 1.57. The summed E-state index contributed by atoms with van der Waals surface area (Å²) >= 11 is 8.78. The van der Waals surface area contributed by atoms with Crippen LogP contribution in [0, 0.1) is 11.3 Å². The predicted octanol–water partition coefficient (Wildman–Crippen LogP) is 3.76. The van der Waals surface area contributed by atoms with E-state index < -0.39 is 0 Å². The van der Waals surface area contributed by atoms with Gasteiger partial charge in [0, 0.05) is 11.7 Å². The van der Waals surface area contributed by atoms with Gasteiger partial charge >= 0.3 is 0 Å². The normalized spacial score (nSPS) is 14.7. The number of carbonyl (C=O) groups is 1. The molecule has 1 aromatic carbocycles. The molecule has 0 aliphatic heterocycles. The highest BCUT2D eigenvalue weighted by molar-refractivity contribution is 8.02. The number of amides is 1. The van der Waals surface area contributed by atoms with Gasteiger partial charge in [0.2, 0.25) is 11.0 Å². The number of nitriles is 1. The zero-order valence-electron chi connectivity index (χ0n) is 12.7. The first kappa shape index (κ1) is 17.0. The summed E-state index contributed by atoms with van der Waals surface area (Å²) in [6.07, 6.45) is 2.35. The second kappa shape index (κ2) is 7.38. The van der Waals surface area contributed by atoms with Crippen LogP contribution in [0.3, 0.4) is 0 Å². The van der Waals surface area contributed by atoms with Gasteiger partial charge < -0.3 is 10.6 Å². The number of aromatic nitrogens is 2. The molecule has 0 radical (unpaired) electrons. The Bertz CT molecular complexity index is 799. The van der Waals surface area contributed by atoms with Crippen LogP contribution in [-0.2, 0) is 4.79 Å². The molecule has 1 amide bonds. The van der Waals surface area contributed by atoms with Crippen LogP contribution in [0.15, 0.2) is 22.5 Å². The number of nitrogens with one attached hydrogen (secondary N) is 2. The van der Waals surface area contributed by atoms with Crippen molar-refractivity contribution in [1.29, 1.82) is 5.26 Å². The highest BCUT2D eigenvalue weighted by Gasteiger charge is 2.23. The van der Waals surface area contributed by atoms with Gasteiger partial charge in [-0.15, -0.1) is 10.2 Å². The van der Waals surface area contributed by atoms with Crippen LogP contribution in [0.5, 0.6) is 0 Å². The molecule has 2 aromatic rings. The lowest BCUT2D eigenvalue weighted by Gasteiger charge is -2.10. The molecule has 124 valence electrons. The van der Waals surface area contributed by atoms with Gasteiger partial charge in [-0.3, -0.25) is 4.79 Å². The summed E-state index contributed by atoms with van der Waals surface area (Å²) in [6.45, 7) is 1.81. The van der Waals surface area contributed by atoms with E-state index in [0.717, 1.165) is 9.47 Å². The second-order valence-electron chi connectivity index (χ2n) is 5.35. The SMILES string of the molecule is C[C@H](Sc1nnc(NC2CC2)s1)C(=O)Nc1ccc(C#N)c(Cl)c1. The fraction of sp³-hybridized carbons (Fsp3) is 0.333. The molecule has 1 aliphatic carbocycles. The van der Waals surface area contributed by atoms with Gasteiger partial charge in [-0.2, -0.15) is 5.26 Å². The Kier molecular flexibility index (Phi) is 5.23. The summed E-state index contributed by atoms with van der Waals surface area (Å²) in [7, 11) is 0. The van der Waals surface area contributed by atoms with Crippen LogP contribution < -0.4 is 10.6 Å². The van der Waals surface area contributed by atoms with Crippen LogP contribution in [0.4, 0.5) is 10.8 Å². The summed E-state index contributed by atoms with van der Waals surface area (Å²) < 4.78 is 0.749. The molecule has 1 heterocycles. The minimum absolute atomic E-state index is 0.160. The van der Waals surface area contributed by atoms with Crippen LogP contribution in [0.1, 0.15) is 25.3 Å². The van der Waals surface area contributed by atoms with E-state index in [-0.39, 0.29) is 11.2 Å². The molecule has 9 heteroatoms. The van der Waals surface area contributed by atoms with E-state index in [9.17, 15) is 4.79 Å². The van der Waals surface area contributed by atoms with Crippen LogP contribution in [0.25, 0.3) is 0 Å². The van der Waals surface area contributed by atoms with E-state index in [0.29, 0.717) is 22.3 Å². The summed E-state index contributed by atoms with van der Waals surface area (Å²) in [5, 5.41) is 23.9. The van der Waals surface area contributed by atoms with E-state index in [1.165, 1.54) is 35.9 Å². The zero-order valence-corrected chi connectivity index (χ0v) is 15.1. The van der Waals surface area contributed by atoms with Crippen molar-refractivity contribution in [3.05, 3.63) is 28.8 Å². The average molecular weight is 380 g/mol. The molecule has 1 saturated carbocycles. The molecule has 3 rings (SSSR count). The molecule has 1 fully saturated rings. The third-order valence-corrected chi connectivity index (χ3v) is 5.67. The zero-order chi connectivity index (χ0) is 17.1. The maximum Gasteiger partial charge on any atom is 0.237 e. The molecule has 0 unspecified atom stereocenters. The maximum absolute atomic E-state index is 12.3. The first-order valence-electron chi connectivity index (χ1n) is 7.32. The lowest BCUT2D eigenvalue weighted by molar-refractivity contribution is -0.115. The van der Waals surface area contributed by atoms with Crippen LogP contribution >= 0.6 is 34.7 Å². The third kappa shape index (κ3) is 4.38. The van der Waals surface area contributed by atoms with Gasteiger partial charge in [0.25, 0.3) is 0 Å². The fourth-order valence-electron chi connectivity index (χ4n) is 1.85. The fourth-order valence-corrected chi connectivity index (χ4v) is 4.05. The first-order chi connectivity index (χ1) is 11.5. The number of nitrogens with zero attached hydrogens (tertiary/aromatic N) is 3. The Hall–Kier alpha value is -1.82. The third-order valence-electron chi connectivity index (χ3n) is 3.32. The molecule has 1 aromatic heterocycles. The highest BCUT2D eigenvalue weighted by atomic mass is 35.5. The number of rotatable bonds is 6.